The Bertz CT molecular complexity index is 415. The highest BCUT2D eigenvalue weighted by Crippen LogP contribution is 2.24. The molecule has 1 aromatic heterocycles. The van der Waals surface area contributed by atoms with E-state index in [-0.39, 0.29) is 0 Å². The smallest absolute Gasteiger partial charge is 0.167 e. The Labute approximate surface area is 93.7 Å². The molecular weight excluding hydrogens is 204 g/mol. The highest BCUT2D eigenvalue weighted by molar-refractivity contribution is 5.47. The Morgan fingerprint density at radius 3 is 3.19 bits per heavy atom. The van der Waals surface area contributed by atoms with Gasteiger partial charge in [0.05, 0.1) is 17.6 Å². The van der Waals surface area contributed by atoms with Crippen molar-refractivity contribution < 1.29 is 0 Å². The summed E-state index contributed by atoms with van der Waals surface area (Å²) in [5.74, 6) is 0.814. The summed E-state index contributed by atoms with van der Waals surface area (Å²) < 4.78 is 0. The van der Waals surface area contributed by atoms with Gasteiger partial charge in [-0.1, -0.05) is 0 Å². The average molecular weight is 218 g/mol. The van der Waals surface area contributed by atoms with Gasteiger partial charge in [0.15, 0.2) is 5.82 Å². The molecule has 0 bridgehead atoms. The highest BCUT2D eigenvalue weighted by atomic mass is 15.7. The van der Waals surface area contributed by atoms with E-state index in [1.54, 1.807) is 18.6 Å². The molecule has 3 N–H and O–H groups in total. The molecule has 2 aliphatic heterocycles. The predicted octanol–water partition coefficient (Wildman–Crippen LogP) is -0.101. The summed E-state index contributed by atoms with van der Waals surface area (Å²) in [4.78, 5) is 8.36. The van der Waals surface area contributed by atoms with E-state index < -0.39 is 0 Å². The number of aromatic nitrogens is 2. The van der Waals surface area contributed by atoms with Gasteiger partial charge >= 0.3 is 0 Å². The molecule has 84 valence electrons. The third-order valence-corrected chi connectivity index (χ3v) is 2.84. The van der Waals surface area contributed by atoms with Crippen molar-refractivity contribution in [3.8, 4) is 0 Å². The van der Waals surface area contributed by atoms with Crippen LogP contribution >= 0.6 is 0 Å². The van der Waals surface area contributed by atoms with E-state index in [9.17, 15) is 0 Å². The van der Waals surface area contributed by atoms with Gasteiger partial charge in [0, 0.05) is 31.4 Å². The first-order valence-corrected chi connectivity index (χ1v) is 5.38. The second-order valence-corrected chi connectivity index (χ2v) is 4.05. The molecule has 0 fully saturated rings. The minimum absolute atomic E-state index is 0.486. The molecule has 1 atom stereocenters. The van der Waals surface area contributed by atoms with Gasteiger partial charge in [-0.15, -0.1) is 5.53 Å². The number of anilines is 1. The molecule has 2 aliphatic rings. The molecule has 3 rings (SSSR count). The van der Waals surface area contributed by atoms with E-state index in [1.807, 2.05) is 5.01 Å². The first-order chi connectivity index (χ1) is 7.84. The third kappa shape index (κ3) is 1.52. The summed E-state index contributed by atoms with van der Waals surface area (Å²) >= 11 is 0. The summed E-state index contributed by atoms with van der Waals surface area (Å²) in [6.45, 7) is 3.04. The van der Waals surface area contributed by atoms with E-state index in [0.717, 1.165) is 18.8 Å². The SMILES string of the molecule is CC1CC2=C(CN1)NNN2c1cnccn1. The predicted molar refractivity (Wildman–Crippen MR) is 59.9 cm³/mol. The van der Waals surface area contributed by atoms with Gasteiger partial charge < -0.3 is 10.7 Å². The van der Waals surface area contributed by atoms with Gasteiger partial charge in [0.25, 0.3) is 0 Å². The first-order valence-electron chi connectivity index (χ1n) is 5.38. The van der Waals surface area contributed by atoms with Crippen LogP contribution in [0.25, 0.3) is 0 Å². The lowest BCUT2D eigenvalue weighted by Gasteiger charge is -2.25. The van der Waals surface area contributed by atoms with Crippen LogP contribution in [-0.2, 0) is 0 Å². The lowest BCUT2D eigenvalue weighted by Crippen LogP contribution is -2.38. The Morgan fingerprint density at radius 1 is 1.44 bits per heavy atom. The first kappa shape index (κ1) is 9.56. The molecule has 0 amide bonds. The standard InChI is InChI=1S/C10H14N6/c1-7-4-9-8(5-13-7)14-15-16(9)10-6-11-2-3-12-10/h2-3,6-7,13-15H,4-5H2,1H3. The van der Waals surface area contributed by atoms with Crippen LogP contribution in [0.1, 0.15) is 13.3 Å². The van der Waals surface area contributed by atoms with Crippen LogP contribution in [-0.4, -0.2) is 22.6 Å². The van der Waals surface area contributed by atoms with Crippen molar-refractivity contribution in [2.24, 2.45) is 0 Å². The van der Waals surface area contributed by atoms with Crippen LogP contribution in [0.5, 0.6) is 0 Å². The molecule has 0 radical (unpaired) electrons. The largest absolute Gasteiger partial charge is 0.308 e. The second kappa shape index (κ2) is 3.73. The van der Waals surface area contributed by atoms with Crippen LogP contribution in [0.2, 0.25) is 0 Å². The van der Waals surface area contributed by atoms with E-state index in [0.29, 0.717) is 6.04 Å². The van der Waals surface area contributed by atoms with Crippen LogP contribution in [0.4, 0.5) is 5.82 Å². The van der Waals surface area contributed by atoms with Crippen LogP contribution < -0.4 is 21.3 Å². The van der Waals surface area contributed by atoms with E-state index in [2.05, 4.69) is 33.2 Å². The Balaban J connectivity index is 1.91. The van der Waals surface area contributed by atoms with E-state index in [4.69, 9.17) is 0 Å². The van der Waals surface area contributed by atoms with E-state index >= 15 is 0 Å². The molecule has 6 nitrogen and oxygen atoms in total. The molecule has 3 heterocycles. The monoisotopic (exact) mass is 218 g/mol. The Morgan fingerprint density at radius 2 is 2.38 bits per heavy atom. The maximum Gasteiger partial charge on any atom is 0.167 e. The number of hydrogen-bond acceptors (Lipinski definition) is 6. The molecule has 16 heavy (non-hydrogen) atoms. The zero-order valence-corrected chi connectivity index (χ0v) is 9.07. The van der Waals surface area contributed by atoms with Crippen molar-refractivity contribution in [3.63, 3.8) is 0 Å². The van der Waals surface area contributed by atoms with Gasteiger partial charge in [0.2, 0.25) is 0 Å². The summed E-state index contributed by atoms with van der Waals surface area (Å²) in [7, 11) is 0. The topological polar surface area (TPSA) is 65.1 Å². The maximum atomic E-state index is 4.28. The molecule has 1 aromatic rings. The molecule has 0 saturated heterocycles. The lowest BCUT2D eigenvalue weighted by molar-refractivity contribution is 0.533. The van der Waals surface area contributed by atoms with Gasteiger partial charge in [-0.25, -0.2) is 9.99 Å². The number of nitrogens with zero attached hydrogens (tertiary/aromatic N) is 3. The normalized spacial score (nSPS) is 24.3. The summed E-state index contributed by atoms with van der Waals surface area (Å²) in [5.41, 5.74) is 8.68. The number of rotatable bonds is 1. The van der Waals surface area contributed by atoms with Gasteiger partial charge in [-0.2, -0.15) is 0 Å². The quantitative estimate of drug-likeness (QED) is 0.612. The Kier molecular flexibility index (Phi) is 2.23. The van der Waals surface area contributed by atoms with Gasteiger partial charge in [-0.3, -0.25) is 4.98 Å². The van der Waals surface area contributed by atoms with Crippen molar-refractivity contribution in [1.82, 2.24) is 26.2 Å². The van der Waals surface area contributed by atoms with Gasteiger partial charge in [0.1, 0.15) is 0 Å². The van der Waals surface area contributed by atoms with Crippen molar-refractivity contribution in [3.05, 3.63) is 30.0 Å². The molecule has 0 spiro atoms. The molecular formula is C10H14N6. The molecule has 0 aliphatic carbocycles. The summed E-state index contributed by atoms with van der Waals surface area (Å²) in [6.07, 6.45) is 6.09. The van der Waals surface area contributed by atoms with Crippen molar-refractivity contribution >= 4 is 5.82 Å². The number of hydrogen-bond donors (Lipinski definition) is 3. The van der Waals surface area contributed by atoms with Crippen LogP contribution in [0.15, 0.2) is 30.0 Å². The fourth-order valence-electron chi connectivity index (χ4n) is 2.00. The zero-order chi connectivity index (χ0) is 11.0. The second-order valence-electron chi connectivity index (χ2n) is 4.05. The highest BCUT2D eigenvalue weighted by Gasteiger charge is 2.28. The molecule has 6 heteroatoms. The van der Waals surface area contributed by atoms with E-state index in [1.165, 1.54) is 11.4 Å². The fourth-order valence-corrected chi connectivity index (χ4v) is 2.00. The van der Waals surface area contributed by atoms with Crippen LogP contribution in [0, 0.1) is 0 Å². The molecule has 0 aromatic carbocycles. The average Bonchev–Trinajstić information content (AvgIpc) is 2.73. The summed E-state index contributed by atoms with van der Waals surface area (Å²) in [5, 5.41) is 5.36. The third-order valence-electron chi connectivity index (χ3n) is 2.84. The van der Waals surface area contributed by atoms with Crippen LogP contribution in [0.3, 0.4) is 0 Å². The lowest BCUT2D eigenvalue weighted by atomic mass is 10.1. The number of nitrogens with one attached hydrogen (secondary N) is 3. The minimum Gasteiger partial charge on any atom is -0.308 e. The minimum atomic E-state index is 0.486. The maximum absolute atomic E-state index is 4.28. The van der Waals surface area contributed by atoms with Crippen molar-refractivity contribution in [1.29, 1.82) is 0 Å². The van der Waals surface area contributed by atoms with Crippen molar-refractivity contribution in [2.45, 2.75) is 19.4 Å². The molecule has 1 unspecified atom stereocenters. The van der Waals surface area contributed by atoms with Crippen molar-refractivity contribution in [2.75, 3.05) is 11.6 Å². The Hall–Kier alpha value is -1.66. The fraction of sp³-hybridized carbons (Fsp3) is 0.400. The zero-order valence-electron chi connectivity index (χ0n) is 9.07. The van der Waals surface area contributed by atoms with Gasteiger partial charge in [-0.05, 0) is 6.92 Å². The molecule has 0 saturated carbocycles. The summed E-state index contributed by atoms with van der Waals surface area (Å²) in [6, 6.07) is 0.486. The number of hydrazine groups is 2.